The monoisotopic (exact) mass is 434 g/mol. The zero-order valence-corrected chi connectivity index (χ0v) is 18.0. The summed E-state index contributed by atoms with van der Waals surface area (Å²) in [6.07, 6.45) is 6.49. The molecule has 0 aliphatic carbocycles. The molecule has 12 nitrogen and oxygen atoms in total. The first-order valence-corrected chi connectivity index (χ1v) is 9.63. The van der Waals surface area contributed by atoms with Gasteiger partial charge in [0.05, 0.1) is 30.2 Å². The summed E-state index contributed by atoms with van der Waals surface area (Å²) in [5.74, 6) is 1.30. The highest BCUT2D eigenvalue weighted by Crippen LogP contribution is 2.36. The van der Waals surface area contributed by atoms with Crippen LogP contribution >= 0.6 is 0 Å². The molecular formula is C20H22N10O2. The van der Waals surface area contributed by atoms with Crippen molar-refractivity contribution in [1.82, 2.24) is 39.8 Å². The van der Waals surface area contributed by atoms with Crippen molar-refractivity contribution in [3.05, 3.63) is 48.7 Å². The van der Waals surface area contributed by atoms with Crippen molar-refractivity contribution in [2.75, 3.05) is 24.8 Å². The first kappa shape index (κ1) is 20.8. The van der Waals surface area contributed by atoms with E-state index in [2.05, 4.69) is 41.1 Å². The number of hydrogen-bond donors (Lipinski definition) is 3. The van der Waals surface area contributed by atoms with Gasteiger partial charge < -0.3 is 20.7 Å². The zero-order valence-electron chi connectivity index (χ0n) is 18.0. The smallest absolute Gasteiger partial charge is 0.256 e. The van der Waals surface area contributed by atoms with E-state index >= 15 is 0 Å². The molecule has 3 heterocycles. The number of methoxy groups -OCH3 is 1. The topological polar surface area (TPSA) is 137 Å². The normalized spacial score (nSPS) is 10.6. The number of hydrogen-bond acceptors (Lipinski definition) is 9. The van der Waals surface area contributed by atoms with Crippen LogP contribution in [0.3, 0.4) is 0 Å². The van der Waals surface area contributed by atoms with Crippen molar-refractivity contribution in [3.63, 3.8) is 0 Å². The van der Waals surface area contributed by atoms with Gasteiger partial charge in [-0.2, -0.15) is 15.2 Å². The van der Waals surface area contributed by atoms with Crippen molar-refractivity contribution < 1.29 is 9.53 Å². The van der Waals surface area contributed by atoms with E-state index in [0.717, 1.165) is 0 Å². The van der Waals surface area contributed by atoms with Gasteiger partial charge >= 0.3 is 0 Å². The molecule has 0 saturated heterocycles. The number of carbonyl (C=O) groups is 1. The maximum Gasteiger partial charge on any atom is 0.256 e. The number of aryl methyl sites for hydroxylation is 2. The highest BCUT2D eigenvalue weighted by molar-refractivity contribution is 5.99. The molecular weight excluding hydrogens is 412 g/mol. The van der Waals surface area contributed by atoms with Crippen LogP contribution in [0, 0.1) is 0 Å². The van der Waals surface area contributed by atoms with Crippen molar-refractivity contribution in [3.8, 4) is 17.1 Å². The number of rotatable bonds is 7. The molecule has 164 valence electrons. The molecule has 0 fully saturated rings. The number of anilines is 4. The van der Waals surface area contributed by atoms with Gasteiger partial charge in [-0.1, -0.05) is 6.07 Å². The lowest BCUT2D eigenvalue weighted by Gasteiger charge is -2.16. The molecule has 0 atom stereocenters. The van der Waals surface area contributed by atoms with E-state index in [1.165, 1.54) is 6.20 Å². The van der Waals surface area contributed by atoms with Crippen LogP contribution in [0.4, 0.5) is 23.1 Å². The lowest BCUT2D eigenvalue weighted by molar-refractivity contribution is 0.0963. The van der Waals surface area contributed by atoms with Gasteiger partial charge in [-0.25, -0.2) is 9.97 Å². The quantitative estimate of drug-likeness (QED) is 0.398. The van der Waals surface area contributed by atoms with Gasteiger partial charge in [0.25, 0.3) is 5.91 Å². The minimum Gasteiger partial charge on any atom is -0.494 e. The Bertz CT molecular complexity index is 1260. The summed E-state index contributed by atoms with van der Waals surface area (Å²) in [5, 5.41) is 17.3. The fourth-order valence-corrected chi connectivity index (χ4v) is 3.07. The van der Waals surface area contributed by atoms with E-state index in [9.17, 15) is 4.79 Å². The molecule has 0 aliphatic heterocycles. The number of aromatic nitrogens is 7. The summed E-state index contributed by atoms with van der Waals surface area (Å²) in [5.41, 5.74) is 2.27. The van der Waals surface area contributed by atoms with Gasteiger partial charge in [0.2, 0.25) is 5.95 Å². The Morgan fingerprint density at radius 3 is 2.59 bits per heavy atom. The van der Waals surface area contributed by atoms with Crippen LogP contribution in [0.5, 0.6) is 5.75 Å². The van der Waals surface area contributed by atoms with Gasteiger partial charge in [-0.05, 0) is 12.1 Å². The van der Waals surface area contributed by atoms with Crippen LogP contribution in [-0.2, 0) is 14.1 Å². The lowest BCUT2D eigenvalue weighted by atomic mass is 10.1. The highest BCUT2D eigenvalue weighted by Gasteiger charge is 2.19. The zero-order chi connectivity index (χ0) is 22.7. The summed E-state index contributed by atoms with van der Waals surface area (Å²) < 4.78 is 8.91. The van der Waals surface area contributed by atoms with E-state index < -0.39 is 0 Å². The minimum atomic E-state index is -0.332. The number of nitrogens with zero attached hydrogens (tertiary/aromatic N) is 7. The number of carbonyl (C=O) groups excluding carboxylic acids is 1. The molecule has 0 aliphatic rings. The summed E-state index contributed by atoms with van der Waals surface area (Å²) in [4.78, 5) is 25.5. The number of amides is 1. The highest BCUT2D eigenvalue weighted by atomic mass is 16.5. The molecule has 0 radical (unpaired) electrons. The second-order valence-corrected chi connectivity index (χ2v) is 6.82. The van der Waals surface area contributed by atoms with E-state index in [0.29, 0.717) is 40.3 Å². The second kappa shape index (κ2) is 8.71. The van der Waals surface area contributed by atoms with Gasteiger partial charge in [0.15, 0.2) is 11.6 Å². The number of benzene rings is 1. The Morgan fingerprint density at radius 2 is 1.94 bits per heavy atom. The molecule has 0 unspecified atom stereocenters. The molecule has 12 heteroatoms. The lowest BCUT2D eigenvalue weighted by Crippen LogP contribution is -2.20. The number of ether oxygens (including phenoxy) is 1. The third kappa shape index (κ3) is 4.19. The van der Waals surface area contributed by atoms with E-state index in [-0.39, 0.29) is 11.5 Å². The van der Waals surface area contributed by atoms with Gasteiger partial charge in [0, 0.05) is 33.5 Å². The molecule has 4 aromatic rings. The predicted molar refractivity (Wildman–Crippen MR) is 118 cm³/mol. The van der Waals surface area contributed by atoms with E-state index in [1.807, 2.05) is 25.2 Å². The third-order valence-electron chi connectivity index (χ3n) is 4.53. The maximum atomic E-state index is 12.4. The van der Waals surface area contributed by atoms with Crippen LogP contribution in [0.1, 0.15) is 10.4 Å². The molecule has 0 saturated carbocycles. The molecule has 3 aromatic heterocycles. The number of nitrogens with one attached hydrogen (secondary N) is 3. The Balaban J connectivity index is 1.73. The Hall–Kier alpha value is -4.48. The fraction of sp³-hybridized carbons (Fsp3) is 0.200. The van der Waals surface area contributed by atoms with Gasteiger partial charge in [-0.15, -0.1) is 0 Å². The fourth-order valence-electron chi connectivity index (χ4n) is 3.07. The average Bonchev–Trinajstić information content (AvgIpc) is 3.41. The Labute approximate surface area is 183 Å². The van der Waals surface area contributed by atoms with Crippen LogP contribution in [0.15, 0.2) is 43.1 Å². The standard InChI is InChI=1S/C20H22N10O2/c1-21-19(31)14-9-22-20(25-12-8-24-29(2)10-12)27-18(14)26-15-7-5-6-13(16(15)32-4)17-23-11-30(3)28-17/h5-11H,1-4H3,(H,21,31)(H2,22,25,26,27). The minimum absolute atomic E-state index is 0.271. The van der Waals surface area contributed by atoms with Crippen molar-refractivity contribution >= 4 is 29.0 Å². The Morgan fingerprint density at radius 1 is 1.09 bits per heavy atom. The first-order chi connectivity index (χ1) is 15.5. The predicted octanol–water partition coefficient (Wildman–Crippen LogP) is 1.86. The molecule has 0 spiro atoms. The summed E-state index contributed by atoms with van der Waals surface area (Å²) in [7, 11) is 6.70. The first-order valence-electron chi connectivity index (χ1n) is 9.63. The molecule has 1 aromatic carbocycles. The Kier molecular flexibility index (Phi) is 5.66. The molecule has 4 rings (SSSR count). The molecule has 3 N–H and O–H groups in total. The summed E-state index contributed by atoms with van der Waals surface area (Å²) in [6.45, 7) is 0. The SMILES string of the molecule is CNC(=O)c1cnc(Nc2cnn(C)c2)nc1Nc1cccc(-c2ncn(C)n2)c1OC. The summed E-state index contributed by atoms with van der Waals surface area (Å²) in [6, 6.07) is 5.51. The van der Waals surface area contributed by atoms with Gasteiger partial charge in [-0.3, -0.25) is 14.2 Å². The van der Waals surface area contributed by atoms with E-state index in [1.54, 1.807) is 49.3 Å². The number of para-hydroxylation sites is 1. The van der Waals surface area contributed by atoms with Crippen LogP contribution in [-0.4, -0.2) is 54.6 Å². The van der Waals surface area contributed by atoms with Crippen molar-refractivity contribution in [2.45, 2.75) is 0 Å². The van der Waals surface area contributed by atoms with Crippen LogP contribution < -0.4 is 20.7 Å². The third-order valence-corrected chi connectivity index (χ3v) is 4.53. The van der Waals surface area contributed by atoms with Crippen molar-refractivity contribution in [2.24, 2.45) is 14.1 Å². The largest absolute Gasteiger partial charge is 0.494 e. The van der Waals surface area contributed by atoms with Crippen molar-refractivity contribution in [1.29, 1.82) is 0 Å². The van der Waals surface area contributed by atoms with Crippen LogP contribution in [0.25, 0.3) is 11.4 Å². The average molecular weight is 434 g/mol. The summed E-state index contributed by atoms with van der Waals surface area (Å²) >= 11 is 0. The second-order valence-electron chi connectivity index (χ2n) is 6.82. The maximum absolute atomic E-state index is 12.4. The van der Waals surface area contributed by atoms with E-state index in [4.69, 9.17) is 4.74 Å². The molecule has 0 bridgehead atoms. The molecule has 1 amide bonds. The molecule has 32 heavy (non-hydrogen) atoms. The van der Waals surface area contributed by atoms with Crippen LogP contribution in [0.2, 0.25) is 0 Å². The van der Waals surface area contributed by atoms with Gasteiger partial charge in [0.1, 0.15) is 17.7 Å².